The molecule has 3 rings (SSSR count). The lowest BCUT2D eigenvalue weighted by Gasteiger charge is -2.48. The van der Waals surface area contributed by atoms with Crippen molar-refractivity contribution < 1.29 is 24.2 Å². The third kappa shape index (κ3) is 6.57. The van der Waals surface area contributed by atoms with E-state index in [1.165, 1.54) is 4.90 Å². The highest BCUT2D eigenvalue weighted by Gasteiger charge is 2.47. The maximum atomic E-state index is 13.2. The minimum absolute atomic E-state index is 0.0213. The number of carbonyl (C=O) groups excluding carboxylic acids is 2. The van der Waals surface area contributed by atoms with E-state index in [0.717, 1.165) is 42.4 Å². The Morgan fingerprint density at radius 2 is 2.06 bits per heavy atom. The second-order valence-corrected chi connectivity index (χ2v) is 11.1. The maximum absolute atomic E-state index is 13.2. The summed E-state index contributed by atoms with van der Waals surface area (Å²) >= 11 is 6.72. The van der Waals surface area contributed by atoms with E-state index in [-0.39, 0.29) is 49.3 Å². The van der Waals surface area contributed by atoms with Gasteiger partial charge in [0.15, 0.2) is 0 Å². The molecule has 35 heavy (non-hydrogen) atoms. The fourth-order valence-electron chi connectivity index (χ4n) is 5.04. The first-order chi connectivity index (χ1) is 16.4. The molecule has 1 aliphatic heterocycles. The zero-order chi connectivity index (χ0) is 25.8. The van der Waals surface area contributed by atoms with Crippen LogP contribution in [0.25, 0.3) is 0 Å². The van der Waals surface area contributed by atoms with Gasteiger partial charge in [-0.05, 0) is 73.1 Å². The number of hydrogen-bond acceptors (Lipinski definition) is 4. The largest absolute Gasteiger partial charge is 0.481 e. The predicted octanol–water partition coefficient (Wildman–Crippen LogP) is 5.65. The van der Waals surface area contributed by atoms with Gasteiger partial charge in [0.05, 0.1) is 25.0 Å². The van der Waals surface area contributed by atoms with Crippen LogP contribution in [0.1, 0.15) is 77.3 Å². The van der Waals surface area contributed by atoms with E-state index >= 15 is 0 Å². The molecule has 2 aliphatic rings. The smallest absolute Gasteiger partial charge is 0.322 e. The highest BCUT2D eigenvalue weighted by atomic mass is 35.5. The van der Waals surface area contributed by atoms with Crippen molar-refractivity contribution in [3.63, 3.8) is 0 Å². The Morgan fingerprint density at radius 1 is 1.31 bits per heavy atom. The van der Waals surface area contributed by atoms with Crippen LogP contribution in [0.15, 0.2) is 30.0 Å². The van der Waals surface area contributed by atoms with E-state index < -0.39 is 11.5 Å². The van der Waals surface area contributed by atoms with E-state index in [1.807, 2.05) is 18.2 Å². The van der Waals surface area contributed by atoms with Crippen LogP contribution < -0.4 is 5.32 Å². The number of rotatable bonds is 9. The summed E-state index contributed by atoms with van der Waals surface area (Å²) in [4.78, 5) is 38.1. The molecule has 2 atom stereocenters. The molecule has 1 aromatic carbocycles. The summed E-state index contributed by atoms with van der Waals surface area (Å²) in [6.07, 6.45) is 5.81. The highest BCUT2D eigenvalue weighted by molar-refractivity contribution is 6.31. The monoisotopic (exact) mass is 504 g/mol. The van der Waals surface area contributed by atoms with Crippen molar-refractivity contribution in [2.24, 2.45) is 11.3 Å². The van der Waals surface area contributed by atoms with Crippen LogP contribution in [-0.4, -0.2) is 41.1 Å². The predicted molar refractivity (Wildman–Crippen MR) is 135 cm³/mol. The first-order valence-corrected chi connectivity index (χ1v) is 12.8. The normalized spacial score (nSPS) is 22.2. The molecule has 192 valence electrons. The molecule has 1 aliphatic carbocycles. The molecule has 2 amide bonds. The summed E-state index contributed by atoms with van der Waals surface area (Å²) < 4.78 is 4.99. The number of hydrogen-bond donors (Lipinski definition) is 2. The van der Waals surface area contributed by atoms with Crippen molar-refractivity contribution in [1.29, 1.82) is 0 Å². The number of fused-ring (bicyclic) bond motifs is 1. The third-order valence-corrected chi connectivity index (χ3v) is 7.24. The fourth-order valence-corrected chi connectivity index (χ4v) is 5.31. The van der Waals surface area contributed by atoms with E-state index in [1.54, 1.807) is 13.1 Å². The lowest BCUT2D eigenvalue weighted by atomic mass is 9.66. The number of carboxylic acid groups (broad SMARTS) is 1. The van der Waals surface area contributed by atoms with Gasteiger partial charge in [0, 0.05) is 17.8 Å². The van der Waals surface area contributed by atoms with E-state index in [9.17, 15) is 19.5 Å². The van der Waals surface area contributed by atoms with Crippen LogP contribution in [0.2, 0.25) is 5.02 Å². The van der Waals surface area contributed by atoms with E-state index in [0.29, 0.717) is 11.4 Å². The van der Waals surface area contributed by atoms with Gasteiger partial charge in [-0.15, -0.1) is 0 Å². The standard InChI is InChI=1S/C27H37ClN2O5/c1-5-35-24(33)11-14-30-17-21-19(15-23(31)32)7-6-12-27(21,29-25(30)34)20-9-8-18(22(28)16-20)10-13-26(2,3)4/h8-9,16-17,19H,5-7,10-15H2,1-4H3,(H,29,34)(H,31,32). The molecule has 1 saturated carbocycles. The molecule has 0 radical (unpaired) electrons. The summed E-state index contributed by atoms with van der Waals surface area (Å²) in [6, 6.07) is 5.64. The van der Waals surface area contributed by atoms with Crippen LogP contribution in [-0.2, 0) is 26.3 Å². The number of benzene rings is 1. The second kappa shape index (κ2) is 11.0. The van der Waals surface area contributed by atoms with Crippen molar-refractivity contribution >= 4 is 29.6 Å². The first-order valence-electron chi connectivity index (χ1n) is 12.4. The Labute approximate surface area is 212 Å². The number of aliphatic carboxylic acids is 1. The van der Waals surface area contributed by atoms with Gasteiger partial charge in [-0.2, -0.15) is 0 Å². The number of ether oxygens (including phenoxy) is 1. The number of nitrogens with zero attached hydrogens (tertiary/aromatic N) is 1. The lowest BCUT2D eigenvalue weighted by Crippen LogP contribution is -2.58. The lowest BCUT2D eigenvalue weighted by molar-refractivity contribution is -0.143. The quantitative estimate of drug-likeness (QED) is 0.423. The molecule has 0 spiro atoms. The van der Waals surface area contributed by atoms with Crippen molar-refractivity contribution in [3.8, 4) is 0 Å². The SMILES string of the molecule is CCOC(=O)CCN1C=C2C(CC(=O)O)CCCC2(c2ccc(CCC(C)(C)C)c(Cl)c2)NC1=O. The van der Waals surface area contributed by atoms with Gasteiger partial charge < -0.3 is 20.1 Å². The van der Waals surface area contributed by atoms with Gasteiger partial charge in [0.2, 0.25) is 0 Å². The Kier molecular flexibility index (Phi) is 8.52. The van der Waals surface area contributed by atoms with Crippen LogP contribution in [0.4, 0.5) is 4.79 Å². The molecule has 2 N–H and O–H groups in total. The highest BCUT2D eigenvalue weighted by Crippen LogP contribution is 2.48. The molecule has 1 aromatic rings. The topological polar surface area (TPSA) is 95.9 Å². The summed E-state index contributed by atoms with van der Waals surface area (Å²) in [7, 11) is 0. The minimum Gasteiger partial charge on any atom is -0.481 e. The Morgan fingerprint density at radius 3 is 2.69 bits per heavy atom. The Balaban J connectivity index is 1.97. The summed E-state index contributed by atoms with van der Waals surface area (Å²) in [6.45, 7) is 8.77. The molecule has 0 aromatic heterocycles. The van der Waals surface area contributed by atoms with Crippen LogP contribution in [0.3, 0.4) is 0 Å². The maximum Gasteiger partial charge on any atom is 0.322 e. The molecule has 0 bridgehead atoms. The number of aryl methyl sites for hydroxylation is 1. The molecule has 2 unspecified atom stereocenters. The van der Waals surface area contributed by atoms with Gasteiger partial charge in [0.1, 0.15) is 0 Å². The molecule has 7 nitrogen and oxygen atoms in total. The Hall–Kier alpha value is -2.54. The van der Waals surface area contributed by atoms with E-state index in [4.69, 9.17) is 16.3 Å². The molecule has 8 heteroatoms. The number of carbonyl (C=O) groups is 3. The number of amides is 2. The molecule has 1 fully saturated rings. The summed E-state index contributed by atoms with van der Waals surface area (Å²) in [5.41, 5.74) is 2.15. The molecular formula is C27H37ClN2O5. The fraction of sp³-hybridized carbons (Fsp3) is 0.593. The minimum atomic E-state index is -0.878. The van der Waals surface area contributed by atoms with Crippen molar-refractivity contribution in [2.75, 3.05) is 13.2 Å². The zero-order valence-corrected chi connectivity index (χ0v) is 21.9. The third-order valence-electron chi connectivity index (χ3n) is 6.89. The van der Waals surface area contributed by atoms with Gasteiger partial charge in [-0.3, -0.25) is 9.59 Å². The first kappa shape index (κ1) is 27.1. The van der Waals surface area contributed by atoms with Gasteiger partial charge >= 0.3 is 18.0 Å². The van der Waals surface area contributed by atoms with E-state index in [2.05, 4.69) is 26.1 Å². The second-order valence-electron chi connectivity index (χ2n) is 10.7. The van der Waals surface area contributed by atoms with Crippen molar-refractivity contribution in [3.05, 3.63) is 46.1 Å². The number of esters is 1. The molecule has 0 saturated heterocycles. The zero-order valence-electron chi connectivity index (χ0n) is 21.2. The number of urea groups is 1. The average Bonchev–Trinajstić information content (AvgIpc) is 2.76. The van der Waals surface area contributed by atoms with Gasteiger partial charge in [-0.1, -0.05) is 44.5 Å². The van der Waals surface area contributed by atoms with Gasteiger partial charge in [-0.25, -0.2) is 4.79 Å². The summed E-state index contributed by atoms with van der Waals surface area (Å²) in [5, 5.41) is 13.4. The molecule has 1 heterocycles. The Bertz CT molecular complexity index is 1000. The average molecular weight is 505 g/mol. The molecular weight excluding hydrogens is 468 g/mol. The summed E-state index contributed by atoms with van der Waals surface area (Å²) in [5.74, 6) is -1.48. The number of halogens is 1. The van der Waals surface area contributed by atoms with Crippen LogP contribution >= 0.6 is 11.6 Å². The van der Waals surface area contributed by atoms with Crippen molar-refractivity contribution in [1.82, 2.24) is 10.2 Å². The number of nitrogens with one attached hydrogen (secondary N) is 1. The van der Waals surface area contributed by atoms with Crippen LogP contribution in [0.5, 0.6) is 0 Å². The van der Waals surface area contributed by atoms with Crippen molar-refractivity contribution in [2.45, 2.75) is 78.2 Å². The number of carboxylic acids is 1. The van der Waals surface area contributed by atoms with Crippen LogP contribution in [0, 0.1) is 11.3 Å². The van der Waals surface area contributed by atoms with Gasteiger partial charge in [0.25, 0.3) is 0 Å².